The zero-order valence-electron chi connectivity index (χ0n) is 10.6. The first-order chi connectivity index (χ1) is 9.38. The summed E-state index contributed by atoms with van der Waals surface area (Å²) in [5.41, 5.74) is 3.31. The second-order valence-electron chi connectivity index (χ2n) is 4.47. The van der Waals surface area contributed by atoms with Gasteiger partial charge in [0.1, 0.15) is 13.1 Å². The Morgan fingerprint density at radius 1 is 1.11 bits per heavy atom. The lowest BCUT2D eigenvalue weighted by Gasteiger charge is -1.96. The van der Waals surface area contributed by atoms with Gasteiger partial charge in [0.05, 0.1) is 12.3 Å². The Hall–Kier alpha value is -2.20. The molecule has 96 valence electrons. The summed E-state index contributed by atoms with van der Waals surface area (Å²) >= 11 is 0. The molecule has 0 amide bonds. The average Bonchev–Trinajstić information content (AvgIpc) is 2.79. The summed E-state index contributed by atoms with van der Waals surface area (Å²) in [6.07, 6.45) is 3.85. The van der Waals surface area contributed by atoms with Gasteiger partial charge in [-0.05, 0) is 24.3 Å². The zero-order valence-corrected chi connectivity index (χ0v) is 10.6. The Morgan fingerprint density at radius 2 is 1.95 bits per heavy atom. The van der Waals surface area contributed by atoms with E-state index >= 15 is 0 Å². The number of imidazole rings is 1. The number of aromatic nitrogens is 3. The summed E-state index contributed by atoms with van der Waals surface area (Å²) in [6.45, 7) is 1.48. The monoisotopic (exact) mass is 254 g/mol. The van der Waals surface area contributed by atoms with Gasteiger partial charge in [-0.3, -0.25) is 4.98 Å². The van der Waals surface area contributed by atoms with Crippen LogP contribution in [0.15, 0.2) is 55.0 Å². The predicted molar refractivity (Wildman–Crippen MR) is 72.6 cm³/mol. The van der Waals surface area contributed by atoms with Crippen LogP contribution >= 0.6 is 0 Å². The van der Waals surface area contributed by atoms with Gasteiger partial charge in [-0.25, -0.2) is 9.13 Å². The molecule has 0 spiro atoms. The van der Waals surface area contributed by atoms with Crippen LogP contribution in [0.1, 0.15) is 5.69 Å². The highest BCUT2D eigenvalue weighted by molar-refractivity contribution is 5.71. The van der Waals surface area contributed by atoms with Crippen molar-refractivity contribution < 1.29 is 9.67 Å². The van der Waals surface area contributed by atoms with Crippen LogP contribution in [-0.2, 0) is 13.1 Å². The lowest BCUT2D eigenvalue weighted by molar-refractivity contribution is -0.663. The van der Waals surface area contributed by atoms with E-state index in [1.54, 1.807) is 0 Å². The van der Waals surface area contributed by atoms with Crippen LogP contribution < -0.4 is 4.57 Å². The van der Waals surface area contributed by atoms with Crippen LogP contribution in [0, 0.1) is 0 Å². The Morgan fingerprint density at radius 3 is 2.74 bits per heavy atom. The molecule has 3 rings (SSSR count). The third-order valence-electron chi connectivity index (χ3n) is 3.18. The van der Waals surface area contributed by atoms with E-state index < -0.39 is 0 Å². The molecule has 1 N–H and O–H groups in total. The lowest BCUT2D eigenvalue weighted by Crippen LogP contribution is -2.33. The molecule has 1 aromatic carbocycles. The second-order valence-corrected chi connectivity index (χ2v) is 4.47. The Bertz CT molecular complexity index is 676. The lowest BCUT2D eigenvalue weighted by atomic mass is 10.3. The highest BCUT2D eigenvalue weighted by Gasteiger charge is 2.14. The van der Waals surface area contributed by atoms with Gasteiger partial charge in [0.25, 0.3) is 0 Å². The normalized spacial score (nSPS) is 11.0. The summed E-state index contributed by atoms with van der Waals surface area (Å²) in [4.78, 5) is 4.36. The van der Waals surface area contributed by atoms with Crippen LogP contribution in [0.5, 0.6) is 0 Å². The largest absolute Gasteiger partial charge is 0.392 e. The molecule has 0 aliphatic heterocycles. The Labute approximate surface area is 111 Å². The Balaban J connectivity index is 2.03. The fourth-order valence-electron chi connectivity index (χ4n) is 2.32. The van der Waals surface area contributed by atoms with Crippen molar-refractivity contribution in [1.82, 2.24) is 9.55 Å². The van der Waals surface area contributed by atoms with E-state index in [-0.39, 0.29) is 6.61 Å². The number of fused-ring (bicyclic) bond motifs is 1. The summed E-state index contributed by atoms with van der Waals surface area (Å²) in [5.74, 6) is 0. The van der Waals surface area contributed by atoms with Crippen LogP contribution in [0.3, 0.4) is 0 Å². The first kappa shape index (κ1) is 11.9. The van der Waals surface area contributed by atoms with Gasteiger partial charge >= 0.3 is 0 Å². The van der Waals surface area contributed by atoms with Gasteiger partial charge < -0.3 is 5.11 Å². The molecule has 0 radical (unpaired) electrons. The molecular formula is C15H16N3O+. The van der Waals surface area contributed by atoms with Crippen LogP contribution in [0.2, 0.25) is 0 Å². The van der Waals surface area contributed by atoms with E-state index in [4.69, 9.17) is 5.11 Å². The molecular weight excluding hydrogens is 238 g/mol. The molecule has 0 fully saturated rings. The summed E-state index contributed by atoms with van der Waals surface area (Å²) in [7, 11) is 0. The van der Waals surface area contributed by atoms with E-state index in [9.17, 15) is 0 Å². The number of benzene rings is 1. The number of hydrogen-bond acceptors (Lipinski definition) is 2. The van der Waals surface area contributed by atoms with Gasteiger partial charge in [-0.15, -0.1) is 0 Å². The molecule has 0 aliphatic rings. The second kappa shape index (κ2) is 5.20. The molecule has 0 saturated carbocycles. The zero-order chi connectivity index (χ0) is 13.1. The molecule has 0 bridgehead atoms. The van der Waals surface area contributed by atoms with Crippen molar-refractivity contribution in [3.63, 3.8) is 0 Å². The van der Waals surface area contributed by atoms with Crippen molar-refractivity contribution >= 4 is 11.0 Å². The van der Waals surface area contributed by atoms with Crippen molar-refractivity contribution in [2.24, 2.45) is 0 Å². The molecule has 19 heavy (non-hydrogen) atoms. The molecule has 0 unspecified atom stereocenters. The molecule has 2 aromatic heterocycles. The van der Waals surface area contributed by atoms with Crippen LogP contribution in [-0.4, -0.2) is 21.3 Å². The minimum Gasteiger partial charge on any atom is -0.392 e. The fraction of sp³-hybridized carbons (Fsp3) is 0.200. The van der Waals surface area contributed by atoms with Crippen molar-refractivity contribution in [2.45, 2.75) is 13.1 Å². The third kappa shape index (κ3) is 2.35. The van der Waals surface area contributed by atoms with Gasteiger partial charge in [-0.1, -0.05) is 18.2 Å². The van der Waals surface area contributed by atoms with E-state index in [1.807, 2.05) is 42.9 Å². The quantitative estimate of drug-likeness (QED) is 0.714. The molecule has 3 aromatic rings. The summed E-state index contributed by atoms with van der Waals surface area (Å²) < 4.78 is 4.23. The molecule has 0 saturated heterocycles. The number of rotatable bonds is 4. The van der Waals surface area contributed by atoms with Gasteiger partial charge in [0.15, 0.2) is 11.0 Å². The van der Waals surface area contributed by atoms with Crippen molar-refractivity contribution in [3.05, 3.63) is 60.7 Å². The van der Waals surface area contributed by atoms with Crippen LogP contribution in [0.4, 0.5) is 0 Å². The molecule has 2 heterocycles. The van der Waals surface area contributed by atoms with E-state index in [1.165, 1.54) is 0 Å². The maximum atomic E-state index is 9.14. The smallest absolute Gasteiger partial charge is 0.245 e. The number of aliphatic hydroxyl groups is 1. The molecule has 0 atom stereocenters. The van der Waals surface area contributed by atoms with E-state index in [2.05, 4.69) is 26.3 Å². The average molecular weight is 254 g/mol. The van der Waals surface area contributed by atoms with Crippen molar-refractivity contribution in [3.8, 4) is 0 Å². The van der Waals surface area contributed by atoms with Gasteiger partial charge in [-0.2, -0.15) is 0 Å². The third-order valence-corrected chi connectivity index (χ3v) is 3.18. The summed E-state index contributed by atoms with van der Waals surface area (Å²) in [5, 5.41) is 9.14. The minimum atomic E-state index is 0.141. The number of aliphatic hydroxyl groups excluding tert-OH is 1. The topological polar surface area (TPSA) is 41.9 Å². The van der Waals surface area contributed by atoms with Crippen molar-refractivity contribution in [2.75, 3.05) is 6.61 Å². The minimum absolute atomic E-state index is 0.141. The molecule has 4 heteroatoms. The predicted octanol–water partition coefficient (Wildman–Crippen LogP) is 1.36. The SMILES string of the molecule is OCCn1c[n+](Cc2ccccn2)c2ccccc21. The molecule has 0 aliphatic carbocycles. The highest BCUT2D eigenvalue weighted by Crippen LogP contribution is 2.11. The standard InChI is InChI=1S/C15H16N3O/c19-10-9-17-12-18(11-13-5-3-4-8-16-13)15-7-2-1-6-14(15)17/h1-8,12,19H,9-11H2/q+1. The maximum absolute atomic E-state index is 9.14. The molecule has 4 nitrogen and oxygen atoms in total. The highest BCUT2D eigenvalue weighted by atomic mass is 16.3. The van der Waals surface area contributed by atoms with Crippen molar-refractivity contribution in [1.29, 1.82) is 0 Å². The van der Waals surface area contributed by atoms with Gasteiger partial charge in [0.2, 0.25) is 6.33 Å². The number of pyridine rings is 1. The first-order valence-corrected chi connectivity index (χ1v) is 6.36. The fourth-order valence-corrected chi connectivity index (χ4v) is 2.32. The summed E-state index contributed by atoms with van der Waals surface area (Å²) in [6, 6.07) is 14.1. The van der Waals surface area contributed by atoms with Gasteiger partial charge in [0, 0.05) is 6.20 Å². The number of para-hydroxylation sites is 2. The maximum Gasteiger partial charge on any atom is 0.245 e. The number of hydrogen-bond donors (Lipinski definition) is 1. The Kier molecular flexibility index (Phi) is 3.25. The number of nitrogens with zero attached hydrogens (tertiary/aromatic N) is 3. The van der Waals surface area contributed by atoms with E-state index in [0.717, 1.165) is 23.3 Å². The van der Waals surface area contributed by atoms with Crippen LogP contribution in [0.25, 0.3) is 11.0 Å². The first-order valence-electron chi connectivity index (χ1n) is 6.36. The van der Waals surface area contributed by atoms with E-state index in [0.29, 0.717) is 6.54 Å².